The molecule has 2 aromatic heterocycles. The Balaban J connectivity index is 1.79. The molecule has 3 aromatic rings. The van der Waals surface area contributed by atoms with Crippen molar-refractivity contribution in [2.24, 2.45) is 0 Å². The highest BCUT2D eigenvalue weighted by Crippen LogP contribution is 2.20. The number of hydrogen-bond acceptors (Lipinski definition) is 3. The summed E-state index contributed by atoms with van der Waals surface area (Å²) in [5, 5.41) is 4.28. The summed E-state index contributed by atoms with van der Waals surface area (Å²) >= 11 is 0. The normalized spacial score (nSPS) is 10.2. The molecule has 0 amide bonds. The summed E-state index contributed by atoms with van der Waals surface area (Å²) in [5.41, 5.74) is 4.70. The van der Waals surface area contributed by atoms with E-state index < -0.39 is 0 Å². The van der Waals surface area contributed by atoms with E-state index in [0.717, 1.165) is 40.8 Å². The molecule has 1 N–H and O–H groups in total. The average Bonchev–Trinajstić information content (AvgIpc) is 2.96. The van der Waals surface area contributed by atoms with Gasteiger partial charge in [-0.25, -0.2) is 0 Å². The fourth-order valence-corrected chi connectivity index (χ4v) is 2.66. The number of anilines is 1. The van der Waals surface area contributed by atoms with Gasteiger partial charge in [0.1, 0.15) is 6.29 Å². The number of aldehydes is 1. The Hall–Kier alpha value is -3.06. The second-order valence-corrected chi connectivity index (χ2v) is 5.55. The third-order valence-corrected chi connectivity index (χ3v) is 3.89. The van der Waals surface area contributed by atoms with Crippen LogP contribution in [0.25, 0.3) is 10.9 Å². The summed E-state index contributed by atoms with van der Waals surface area (Å²) in [4.78, 5) is 15.2. The van der Waals surface area contributed by atoms with Crippen molar-refractivity contribution in [3.8, 4) is 11.8 Å². The molecule has 3 rings (SSSR count). The maximum absolute atomic E-state index is 10.9. The van der Waals surface area contributed by atoms with Crippen LogP contribution in [-0.4, -0.2) is 22.4 Å². The van der Waals surface area contributed by atoms with Crippen LogP contribution in [0.5, 0.6) is 0 Å². The van der Waals surface area contributed by atoms with Gasteiger partial charge in [-0.15, -0.1) is 0 Å². The zero-order valence-electron chi connectivity index (χ0n) is 13.8. The third-order valence-electron chi connectivity index (χ3n) is 3.89. The number of pyridine rings is 1. The first-order chi connectivity index (χ1) is 11.7. The highest BCUT2D eigenvalue weighted by molar-refractivity contribution is 5.88. The van der Waals surface area contributed by atoms with Crippen LogP contribution in [0.1, 0.15) is 28.7 Å². The Labute approximate surface area is 141 Å². The molecule has 0 atom stereocenters. The summed E-state index contributed by atoms with van der Waals surface area (Å²) < 4.78 is 2.16. The number of fused-ring (bicyclic) bond motifs is 1. The van der Waals surface area contributed by atoms with Gasteiger partial charge in [0.15, 0.2) is 0 Å². The SMILES string of the molecule is CCn1c(C#CCNc2ccc(C)nc2)cc2cc(C=O)ccc21. The highest BCUT2D eigenvalue weighted by Gasteiger charge is 2.06. The Morgan fingerprint density at radius 2 is 2.12 bits per heavy atom. The van der Waals surface area contributed by atoms with E-state index in [0.29, 0.717) is 12.1 Å². The predicted molar refractivity (Wildman–Crippen MR) is 97.3 cm³/mol. The van der Waals surface area contributed by atoms with E-state index >= 15 is 0 Å². The highest BCUT2D eigenvalue weighted by atomic mass is 16.1. The van der Waals surface area contributed by atoms with Crippen molar-refractivity contribution in [2.75, 3.05) is 11.9 Å². The number of hydrogen-bond donors (Lipinski definition) is 1. The number of aryl methyl sites for hydroxylation is 2. The fraction of sp³-hybridized carbons (Fsp3) is 0.200. The number of carbonyl (C=O) groups excluding carboxylic acids is 1. The zero-order valence-corrected chi connectivity index (χ0v) is 13.8. The van der Waals surface area contributed by atoms with E-state index in [1.165, 1.54) is 0 Å². The zero-order chi connectivity index (χ0) is 16.9. The maximum atomic E-state index is 10.9. The second-order valence-electron chi connectivity index (χ2n) is 5.55. The van der Waals surface area contributed by atoms with Crippen molar-refractivity contribution in [1.29, 1.82) is 0 Å². The van der Waals surface area contributed by atoms with Gasteiger partial charge >= 0.3 is 0 Å². The number of benzene rings is 1. The van der Waals surface area contributed by atoms with Crippen molar-refractivity contribution in [3.63, 3.8) is 0 Å². The first-order valence-electron chi connectivity index (χ1n) is 7.95. The maximum Gasteiger partial charge on any atom is 0.150 e. The number of nitrogens with one attached hydrogen (secondary N) is 1. The van der Waals surface area contributed by atoms with Crippen molar-refractivity contribution in [1.82, 2.24) is 9.55 Å². The number of nitrogens with zero attached hydrogens (tertiary/aromatic N) is 2. The summed E-state index contributed by atoms with van der Waals surface area (Å²) in [6, 6.07) is 11.7. The monoisotopic (exact) mass is 317 g/mol. The summed E-state index contributed by atoms with van der Waals surface area (Å²) in [7, 11) is 0. The molecule has 24 heavy (non-hydrogen) atoms. The summed E-state index contributed by atoms with van der Waals surface area (Å²) in [5.74, 6) is 6.36. The molecule has 4 nitrogen and oxygen atoms in total. The lowest BCUT2D eigenvalue weighted by molar-refractivity contribution is 0.112. The van der Waals surface area contributed by atoms with Crippen LogP contribution in [0.3, 0.4) is 0 Å². The minimum Gasteiger partial charge on any atom is -0.373 e. The first-order valence-corrected chi connectivity index (χ1v) is 7.95. The van der Waals surface area contributed by atoms with Gasteiger partial charge in [0.25, 0.3) is 0 Å². The average molecular weight is 317 g/mol. The van der Waals surface area contributed by atoms with Crippen LogP contribution in [0.4, 0.5) is 5.69 Å². The Kier molecular flexibility index (Phi) is 4.62. The molecule has 0 unspecified atom stereocenters. The summed E-state index contributed by atoms with van der Waals surface area (Å²) in [6.07, 6.45) is 2.68. The van der Waals surface area contributed by atoms with Crippen LogP contribution in [0, 0.1) is 18.8 Å². The van der Waals surface area contributed by atoms with E-state index in [2.05, 4.69) is 33.6 Å². The molecular formula is C20H19N3O. The van der Waals surface area contributed by atoms with Crippen molar-refractivity contribution >= 4 is 22.9 Å². The Morgan fingerprint density at radius 3 is 2.83 bits per heavy atom. The number of aromatic nitrogens is 2. The number of rotatable bonds is 4. The van der Waals surface area contributed by atoms with E-state index in [9.17, 15) is 4.79 Å². The van der Waals surface area contributed by atoms with Crippen molar-refractivity contribution < 1.29 is 4.79 Å². The van der Waals surface area contributed by atoms with Gasteiger partial charge < -0.3 is 9.88 Å². The molecule has 0 fully saturated rings. The fourth-order valence-electron chi connectivity index (χ4n) is 2.66. The number of carbonyl (C=O) groups is 1. The largest absolute Gasteiger partial charge is 0.373 e. The molecule has 0 spiro atoms. The van der Waals surface area contributed by atoms with Crippen molar-refractivity contribution in [3.05, 3.63) is 59.5 Å². The van der Waals surface area contributed by atoms with Gasteiger partial charge in [0.2, 0.25) is 0 Å². The van der Waals surface area contributed by atoms with Crippen LogP contribution >= 0.6 is 0 Å². The molecule has 0 aliphatic heterocycles. The van der Waals surface area contributed by atoms with Gasteiger partial charge in [-0.3, -0.25) is 9.78 Å². The van der Waals surface area contributed by atoms with Gasteiger partial charge in [-0.1, -0.05) is 5.92 Å². The molecule has 0 saturated carbocycles. The minimum absolute atomic E-state index is 0.551. The molecule has 0 radical (unpaired) electrons. The van der Waals surface area contributed by atoms with Gasteiger partial charge in [-0.2, -0.15) is 0 Å². The molecule has 0 saturated heterocycles. The van der Waals surface area contributed by atoms with Gasteiger partial charge in [-0.05, 0) is 56.2 Å². The van der Waals surface area contributed by atoms with Crippen molar-refractivity contribution in [2.45, 2.75) is 20.4 Å². The molecule has 4 heteroatoms. The Morgan fingerprint density at radius 1 is 1.25 bits per heavy atom. The van der Waals surface area contributed by atoms with E-state index in [4.69, 9.17) is 0 Å². The van der Waals surface area contributed by atoms with Gasteiger partial charge in [0, 0.05) is 28.7 Å². The quantitative estimate of drug-likeness (QED) is 0.590. The lowest BCUT2D eigenvalue weighted by Gasteiger charge is -2.03. The van der Waals surface area contributed by atoms with Gasteiger partial charge in [0.05, 0.1) is 24.1 Å². The predicted octanol–water partition coefficient (Wildman–Crippen LogP) is 3.64. The van der Waals surface area contributed by atoms with Crippen LogP contribution in [0.15, 0.2) is 42.6 Å². The molecule has 0 bridgehead atoms. The van der Waals surface area contributed by atoms with E-state index in [1.54, 1.807) is 6.20 Å². The smallest absolute Gasteiger partial charge is 0.150 e. The topological polar surface area (TPSA) is 46.9 Å². The molecular weight excluding hydrogens is 298 g/mol. The second kappa shape index (κ2) is 7.01. The van der Waals surface area contributed by atoms with E-state index in [1.807, 2.05) is 43.3 Å². The molecule has 0 aliphatic carbocycles. The molecule has 0 aliphatic rings. The molecule has 120 valence electrons. The molecule has 2 heterocycles. The lowest BCUT2D eigenvalue weighted by Crippen LogP contribution is -2.00. The minimum atomic E-state index is 0.551. The standard InChI is InChI=1S/C20H19N3O/c1-3-23-19(12-17-11-16(14-24)7-9-20(17)23)5-4-10-21-18-8-6-15(2)22-13-18/h6-9,11-14,21H,3,10H2,1-2H3. The Bertz CT molecular complexity index is 927. The first kappa shape index (κ1) is 15.8. The van der Waals surface area contributed by atoms with Crippen LogP contribution in [-0.2, 0) is 6.54 Å². The molecule has 1 aromatic carbocycles. The summed E-state index contributed by atoms with van der Waals surface area (Å²) in [6.45, 7) is 5.44. The lowest BCUT2D eigenvalue weighted by atomic mass is 10.2. The van der Waals surface area contributed by atoms with Crippen LogP contribution in [0.2, 0.25) is 0 Å². The third kappa shape index (κ3) is 3.31. The van der Waals surface area contributed by atoms with E-state index in [-0.39, 0.29) is 0 Å². The van der Waals surface area contributed by atoms with Crippen LogP contribution < -0.4 is 5.32 Å².